The van der Waals surface area contributed by atoms with E-state index in [0.717, 1.165) is 37.2 Å². The molecule has 0 radical (unpaired) electrons. The summed E-state index contributed by atoms with van der Waals surface area (Å²) in [5.41, 5.74) is 1.02. The van der Waals surface area contributed by atoms with Crippen molar-refractivity contribution in [2.24, 2.45) is 0 Å². The van der Waals surface area contributed by atoms with Crippen molar-refractivity contribution in [2.45, 2.75) is 32.4 Å². The van der Waals surface area contributed by atoms with Crippen LogP contribution in [0.1, 0.15) is 25.3 Å². The number of carbonyl (C=O) groups is 1. The second-order valence-corrected chi connectivity index (χ2v) is 5.55. The van der Waals surface area contributed by atoms with Crippen molar-refractivity contribution in [3.63, 3.8) is 0 Å². The highest BCUT2D eigenvalue weighted by Crippen LogP contribution is 2.19. The van der Waals surface area contributed by atoms with Gasteiger partial charge >= 0.3 is 0 Å². The Morgan fingerprint density at radius 1 is 1.32 bits per heavy atom. The Morgan fingerprint density at radius 2 is 2.05 bits per heavy atom. The average Bonchev–Trinajstić information content (AvgIpc) is 2.55. The average molecular weight is 306 g/mol. The number of likely N-dealkylation sites (N-methyl/N-ethyl adjacent to an activating group) is 1. The van der Waals surface area contributed by atoms with Crippen molar-refractivity contribution in [2.75, 3.05) is 33.4 Å². The maximum atomic E-state index is 12.2. The van der Waals surface area contributed by atoms with Crippen LogP contribution in [0.5, 0.6) is 5.75 Å². The molecule has 0 bridgehead atoms. The van der Waals surface area contributed by atoms with E-state index in [9.17, 15) is 4.79 Å². The third-order valence-electron chi connectivity index (χ3n) is 3.83. The molecule has 1 saturated heterocycles. The number of piperidine rings is 1. The molecule has 1 aromatic carbocycles. The third-order valence-corrected chi connectivity index (χ3v) is 3.83. The number of amides is 1. The summed E-state index contributed by atoms with van der Waals surface area (Å²) >= 11 is 0. The Morgan fingerprint density at radius 3 is 2.77 bits per heavy atom. The molecule has 0 aromatic heterocycles. The van der Waals surface area contributed by atoms with Gasteiger partial charge in [-0.3, -0.25) is 4.79 Å². The maximum absolute atomic E-state index is 12.2. The smallest absolute Gasteiger partial charge is 0.248 e. The molecule has 1 aliphatic rings. The lowest BCUT2D eigenvalue weighted by atomic mass is 10.1. The Hall–Kier alpha value is -1.59. The van der Waals surface area contributed by atoms with E-state index in [1.54, 1.807) is 11.9 Å². The SMILES string of the molecule is CCOc1ccccc1CN(C)C(=O)COC1CCNCC1. The van der Waals surface area contributed by atoms with Gasteiger partial charge in [0.15, 0.2) is 0 Å². The molecule has 0 unspecified atom stereocenters. The van der Waals surface area contributed by atoms with E-state index < -0.39 is 0 Å². The van der Waals surface area contributed by atoms with Crippen LogP contribution in [0.2, 0.25) is 0 Å². The summed E-state index contributed by atoms with van der Waals surface area (Å²) in [6.07, 6.45) is 2.16. The van der Waals surface area contributed by atoms with Gasteiger partial charge in [0.2, 0.25) is 5.91 Å². The number of nitrogens with one attached hydrogen (secondary N) is 1. The molecule has 1 amide bonds. The van der Waals surface area contributed by atoms with Crippen molar-refractivity contribution < 1.29 is 14.3 Å². The van der Waals surface area contributed by atoms with Crippen molar-refractivity contribution in [3.8, 4) is 5.75 Å². The van der Waals surface area contributed by atoms with Crippen LogP contribution in [0.15, 0.2) is 24.3 Å². The van der Waals surface area contributed by atoms with Crippen LogP contribution in [-0.4, -0.2) is 50.3 Å². The Bertz CT molecular complexity index is 473. The first-order valence-corrected chi connectivity index (χ1v) is 7.97. The van der Waals surface area contributed by atoms with E-state index in [-0.39, 0.29) is 18.6 Å². The summed E-state index contributed by atoms with van der Waals surface area (Å²) in [6.45, 7) is 5.20. The molecule has 5 nitrogen and oxygen atoms in total. The molecule has 1 aliphatic heterocycles. The number of hydrogen-bond donors (Lipinski definition) is 1. The van der Waals surface area contributed by atoms with Gasteiger partial charge in [-0.15, -0.1) is 0 Å². The zero-order valence-electron chi connectivity index (χ0n) is 13.5. The number of ether oxygens (including phenoxy) is 2. The predicted octanol–water partition coefficient (Wildman–Crippen LogP) is 1.81. The summed E-state index contributed by atoms with van der Waals surface area (Å²) in [6, 6.07) is 7.82. The molecule has 2 rings (SSSR count). The van der Waals surface area contributed by atoms with Crippen molar-refractivity contribution in [1.82, 2.24) is 10.2 Å². The van der Waals surface area contributed by atoms with Crippen LogP contribution in [0, 0.1) is 0 Å². The van der Waals surface area contributed by atoms with Crippen LogP contribution < -0.4 is 10.1 Å². The Kier molecular flexibility index (Phi) is 6.68. The minimum atomic E-state index is 0.00448. The summed E-state index contributed by atoms with van der Waals surface area (Å²) < 4.78 is 11.3. The lowest BCUT2D eigenvalue weighted by molar-refractivity contribution is -0.137. The van der Waals surface area contributed by atoms with E-state index in [1.807, 2.05) is 31.2 Å². The molecule has 1 heterocycles. The molecule has 1 aromatic rings. The summed E-state index contributed by atoms with van der Waals surface area (Å²) in [5, 5.41) is 3.29. The zero-order valence-corrected chi connectivity index (χ0v) is 13.5. The number of rotatable bonds is 7. The van der Waals surface area contributed by atoms with Gasteiger partial charge in [0.1, 0.15) is 12.4 Å². The standard InChI is InChI=1S/C17H26N2O3/c1-3-21-16-7-5-4-6-14(16)12-19(2)17(20)13-22-15-8-10-18-11-9-15/h4-7,15,18H,3,8-13H2,1-2H3. The lowest BCUT2D eigenvalue weighted by Gasteiger charge is -2.24. The van der Waals surface area contributed by atoms with E-state index in [1.165, 1.54) is 0 Å². The van der Waals surface area contributed by atoms with Crippen molar-refractivity contribution in [1.29, 1.82) is 0 Å². The Labute approximate surface area is 132 Å². The molecule has 0 atom stereocenters. The second kappa shape index (κ2) is 8.76. The second-order valence-electron chi connectivity index (χ2n) is 5.55. The molecule has 1 N–H and O–H groups in total. The highest BCUT2D eigenvalue weighted by molar-refractivity contribution is 5.77. The van der Waals surface area contributed by atoms with Crippen LogP contribution in [0.25, 0.3) is 0 Å². The van der Waals surface area contributed by atoms with Crippen molar-refractivity contribution in [3.05, 3.63) is 29.8 Å². The highest BCUT2D eigenvalue weighted by atomic mass is 16.5. The van der Waals surface area contributed by atoms with E-state index in [2.05, 4.69) is 5.32 Å². The van der Waals surface area contributed by atoms with Gasteiger partial charge < -0.3 is 19.7 Å². The van der Waals surface area contributed by atoms with Gasteiger partial charge in [-0.25, -0.2) is 0 Å². The fourth-order valence-electron chi connectivity index (χ4n) is 2.54. The minimum absolute atomic E-state index is 0.00448. The molecular weight excluding hydrogens is 280 g/mol. The van der Waals surface area contributed by atoms with E-state index in [0.29, 0.717) is 13.2 Å². The molecule has 5 heteroatoms. The van der Waals surface area contributed by atoms with E-state index in [4.69, 9.17) is 9.47 Å². The lowest BCUT2D eigenvalue weighted by Crippen LogP contribution is -2.36. The molecule has 1 fully saturated rings. The summed E-state index contributed by atoms with van der Waals surface area (Å²) in [4.78, 5) is 13.9. The number of hydrogen-bond acceptors (Lipinski definition) is 4. The summed E-state index contributed by atoms with van der Waals surface area (Å²) in [5.74, 6) is 0.841. The van der Waals surface area contributed by atoms with Gasteiger partial charge in [0.25, 0.3) is 0 Å². The molecule has 22 heavy (non-hydrogen) atoms. The molecule has 122 valence electrons. The Balaban J connectivity index is 1.83. The molecule has 0 spiro atoms. The first kappa shape index (κ1) is 16.8. The number of carbonyl (C=O) groups excluding carboxylic acids is 1. The summed E-state index contributed by atoms with van der Waals surface area (Å²) in [7, 11) is 1.80. The predicted molar refractivity (Wildman–Crippen MR) is 85.9 cm³/mol. The molecule has 0 aliphatic carbocycles. The number of nitrogens with zero attached hydrogens (tertiary/aromatic N) is 1. The fraction of sp³-hybridized carbons (Fsp3) is 0.588. The molecule has 0 saturated carbocycles. The number of benzene rings is 1. The first-order valence-electron chi connectivity index (χ1n) is 7.97. The quantitative estimate of drug-likeness (QED) is 0.835. The monoisotopic (exact) mass is 306 g/mol. The first-order chi connectivity index (χ1) is 10.7. The van der Waals surface area contributed by atoms with E-state index >= 15 is 0 Å². The third kappa shape index (κ3) is 5.00. The minimum Gasteiger partial charge on any atom is -0.494 e. The fourth-order valence-corrected chi connectivity index (χ4v) is 2.54. The van der Waals surface area contributed by atoms with Crippen LogP contribution in [0.3, 0.4) is 0 Å². The highest BCUT2D eigenvalue weighted by Gasteiger charge is 2.17. The van der Waals surface area contributed by atoms with Gasteiger partial charge in [-0.05, 0) is 38.9 Å². The number of para-hydroxylation sites is 1. The van der Waals surface area contributed by atoms with Gasteiger partial charge in [0, 0.05) is 19.2 Å². The topological polar surface area (TPSA) is 50.8 Å². The maximum Gasteiger partial charge on any atom is 0.248 e. The normalized spacial score (nSPS) is 15.5. The van der Waals surface area contributed by atoms with Crippen LogP contribution >= 0.6 is 0 Å². The van der Waals surface area contributed by atoms with Gasteiger partial charge in [0.05, 0.1) is 12.7 Å². The van der Waals surface area contributed by atoms with Gasteiger partial charge in [-0.1, -0.05) is 18.2 Å². The van der Waals surface area contributed by atoms with Crippen LogP contribution in [0.4, 0.5) is 0 Å². The largest absolute Gasteiger partial charge is 0.494 e. The molecular formula is C17H26N2O3. The van der Waals surface area contributed by atoms with Crippen LogP contribution in [-0.2, 0) is 16.1 Å². The van der Waals surface area contributed by atoms with Crippen molar-refractivity contribution >= 4 is 5.91 Å². The zero-order chi connectivity index (χ0) is 15.8. The van der Waals surface area contributed by atoms with Gasteiger partial charge in [-0.2, -0.15) is 0 Å².